The van der Waals surface area contributed by atoms with E-state index in [4.69, 9.17) is 10.3 Å². The summed E-state index contributed by atoms with van der Waals surface area (Å²) < 4.78 is 5.41. The minimum Gasteiger partial charge on any atom is -0.334 e. The Kier molecular flexibility index (Phi) is 4.22. The summed E-state index contributed by atoms with van der Waals surface area (Å²) in [4.78, 5) is 20.7. The zero-order valence-corrected chi connectivity index (χ0v) is 14.2. The maximum absolute atomic E-state index is 12.3. The molecule has 1 fully saturated rings. The maximum Gasteiger partial charge on any atom is 0.258 e. The van der Waals surface area contributed by atoms with Gasteiger partial charge in [-0.3, -0.25) is 9.78 Å². The first-order valence-corrected chi connectivity index (χ1v) is 8.59. The molecule has 0 atom stereocenters. The molecule has 0 saturated heterocycles. The number of benzene rings is 1. The molecule has 3 N–H and O–H groups in total. The van der Waals surface area contributed by atoms with Gasteiger partial charge < -0.3 is 15.6 Å². The van der Waals surface area contributed by atoms with Crippen LogP contribution in [0, 0.1) is 0 Å². The van der Waals surface area contributed by atoms with Gasteiger partial charge in [0.05, 0.1) is 11.1 Å². The van der Waals surface area contributed by atoms with Crippen LogP contribution in [0.15, 0.2) is 53.3 Å². The number of nitrogens with zero attached hydrogens (tertiary/aromatic N) is 3. The standard InChI is InChI=1S/C19H19N5O2/c20-19(8-1-2-9-19)18-23-17(26-24-18)13-5-3-7-15(11-13)22-16(25)14-6-4-10-21-12-14/h3-7,10-12H,1-2,8-9,20H2,(H,22,25). The quantitative estimate of drug-likeness (QED) is 0.749. The van der Waals surface area contributed by atoms with Crippen LogP contribution < -0.4 is 11.1 Å². The van der Waals surface area contributed by atoms with Gasteiger partial charge in [-0.2, -0.15) is 4.98 Å². The van der Waals surface area contributed by atoms with Crippen molar-refractivity contribution in [3.63, 3.8) is 0 Å². The monoisotopic (exact) mass is 349 g/mol. The number of anilines is 1. The molecule has 1 aromatic carbocycles. The highest BCUT2D eigenvalue weighted by atomic mass is 16.5. The minimum absolute atomic E-state index is 0.228. The Balaban J connectivity index is 1.55. The number of pyridine rings is 1. The summed E-state index contributed by atoms with van der Waals surface area (Å²) in [7, 11) is 0. The van der Waals surface area contributed by atoms with Gasteiger partial charge >= 0.3 is 0 Å². The van der Waals surface area contributed by atoms with Gasteiger partial charge in [0.15, 0.2) is 5.82 Å². The number of nitrogens with two attached hydrogens (primary N) is 1. The summed E-state index contributed by atoms with van der Waals surface area (Å²) in [6, 6.07) is 10.7. The van der Waals surface area contributed by atoms with Crippen LogP contribution in [0.3, 0.4) is 0 Å². The lowest BCUT2D eigenvalue weighted by Crippen LogP contribution is -2.34. The highest BCUT2D eigenvalue weighted by Gasteiger charge is 2.36. The molecule has 0 bridgehead atoms. The van der Waals surface area contributed by atoms with E-state index >= 15 is 0 Å². The van der Waals surface area contributed by atoms with Crippen molar-refractivity contribution >= 4 is 11.6 Å². The SMILES string of the molecule is NC1(c2noc(-c3cccc(NC(=O)c4cccnc4)c3)n2)CCCC1. The molecule has 3 aromatic rings. The molecule has 2 aromatic heterocycles. The molecule has 7 nitrogen and oxygen atoms in total. The predicted molar refractivity (Wildman–Crippen MR) is 96.3 cm³/mol. The second-order valence-corrected chi connectivity index (χ2v) is 6.56. The minimum atomic E-state index is -0.492. The fourth-order valence-electron chi connectivity index (χ4n) is 3.20. The van der Waals surface area contributed by atoms with E-state index in [-0.39, 0.29) is 5.91 Å². The van der Waals surface area contributed by atoms with Gasteiger partial charge in [-0.05, 0) is 43.2 Å². The lowest BCUT2D eigenvalue weighted by molar-refractivity contribution is 0.102. The van der Waals surface area contributed by atoms with Crippen LogP contribution in [-0.4, -0.2) is 21.0 Å². The largest absolute Gasteiger partial charge is 0.334 e. The van der Waals surface area contributed by atoms with Crippen molar-refractivity contribution in [1.29, 1.82) is 0 Å². The van der Waals surface area contributed by atoms with Crippen LogP contribution in [0.5, 0.6) is 0 Å². The fraction of sp³-hybridized carbons (Fsp3) is 0.263. The van der Waals surface area contributed by atoms with E-state index in [9.17, 15) is 4.79 Å². The average molecular weight is 349 g/mol. The summed E-state index contributed by atoms with van der Waals surface area (Å²) in [5, 5.41) is 6.92. The van der Waals surface area contributed by atoms with Crippen LogP contribution in [0.4, 0.5) is 5.69 Å². The van der Waals surface area contributed by atoms with Gasteiger partial charge in [-0.1, -0.05) is 24.1 Å². The van der Waals surface area contributed by atoms with Gasteiger partial charge in [0.1, 0.15) is 0 Å². The smallest absolute Gasteiger partial charge is 0.258 e. The van der Waals surface area contributed by atoms with Crippen LogP contribution in [0.2, 0.25) is 0 Å². The highest BCUT2D eigenvalue weighted by molar-refractivity contribution is 6.04. The zero-order valence-electron chi connectivity index (χ0n) is 14.2. The molecule has 0 unspecified atom stereocenters. The molecule has 1 aliphatic rings. The molecular weight excluding hydrogens is 330 g/mol. The van der Waals surface area contributed by atoms with Crippen molar-refractivity contribution < 1.29 is 9.32 Å². The molecule has 0 radical (unpaired) electrons. The van der Waals surface area contributed by atoms with E-state index in [1.807, 2.05) is 12.1 Å². The lowest BCUT2D eigenvalue weighted by atomic mass is 9.99. The van der Waals surface area contributed by atoms with Crippen molar-refractivity contribution in [2.45, 2.75) is 31.2 Å². The van der Waals surface area contributed by atoms with E-state index in [2.05, 4.69) is 20.4 Å². The molecule has 0 spiro atoms. The molecule has 7 heteroatoms. The predicted octanol–water partition coefficient (Wildman–Crippen LogP) is 3.11. The normalized spacial score (nSPS) is 15.7. The number of rotatable bonds is 4. The molecule has 1 amide bonds. The number of hydrogen-bond donors (Lipinski definition) is 2. The Morgan fingerprint density at radius 1 is 1.19 bits per heavy atom. The van der Waals surface area contributed by atoms with Crippen molar-refractivity contribution in [3.05, 3.63) is 60.2 Å². The van der Waals surface area contributed by atoms with E-state index in [0.717, 1.165) is 31.2 Å². The second-order valence-electron chi connectivity index (χ2n) is 6.56. The number of nitrogens with one attached hydrogen (secondary N) is 1. The molecule has 0 aliphatic heterocycles. The molecule has 132 valence electrons. The summed E-state index contributed by atoms with van der Waals surface area (Å²) >= 11 is 0. The number of hydrogen-bond acceptors (Lipinski definition) is 6. The van der Waals surface area contributed by atoms with Crippen LogP contribution in [-0.2, 0) is 5.54 Å². The molecule has 26 heavy (non-hydrogen) atoms. The fourth-order valence-corrected chi connectivity index (χ4v) is 3.20. The highest BCUT2D eigenvalue weighted by Crippen LogP contribution is 2.35. The summed E-state index contributed by atoms with van der Waals surface area (Å²) in [6.45, 7) is 0. The van der Waals surface area contributed by atoms with Gasteiger partial charge in [0, 0.05) is 23.6 Å². The Hall–Kier alpha value is -3.06. The Labute approximate surface area is 150 Å². The van der Waals surface area contributed by atoms with Crippen molar-refractivity contribution in [3.8, 4) is 11.5 Å². The van der Waals surface area contributed by atoms with Crippen molar-refractivity contribution in [1.82, 2.24) is 15.1 Å². The first-order chi connectivity index (χ1) is 12.6. The number of carbonyl (C=O) groups is 1. The zero-order chi connectivity index (χ0) is 18.0. The Morgan fingerprint density at radius 2 is 2.04 bits per heavy atom. The van der Waals surface area contributed by atoms with Gasteiger partial charge in [0.25, 0.3) is 11.8 Å². The molecule has 4 rings (SSSR count). The van der Waals surface area contributed by atoms with Crippen LogP contribution in [0.25, 0.3) is 11.5 Å². The molecule has 2 heterocycles. The van der Waals surface area contributed by atoms with Gasteiger partial charge in [-0.25, -0.2) is 0 Å². The third-order valence-electron chi connectivity index (χ3n) is 4.66. The van der Waals surface area contributed by atoms with E-state index in [1.165, 1.54) is 6.20 Å². The number of carbonyl (C=O) groups excluding carboxylic acids is 1. The van der Waals surface area contributed by atoms with E-state index < -0.39 is 5.54 Å². The number of aromatic nitrogens is 3. The Bertz CT molecular complexity index is 916. The second kappa shape index (κ2) is 6.68. The van der Waals surface area contributed by atoms with Gasteiger partial charge in [0.2, 0.25) is 0 Å². The van der Waals surface area contributed by atoms with Crippen LogP contribution in [0.1, 0.15) is 41.9 Å². The third-order valence-corrected chi connectivity index (χ3v) is 4.66. The molecule has 1 saturated carbocycles. The first kappa shape index (κ1) is 16.4. The Morgan fingerprint density at radius 3 is 2.81 bits per heavy atom. The summed E-state index contributed by atoms with van der Waals surface area (Å²) in [5.74, 6) is 0.720. The number of amides is 1. The first-order valence-electron chi connectivity index (χ1n) is 8.59. The summed E-state index contributed by atoms with van der Waals surface area (Å²) in [5.41, 5.74) is 7.75. The maximum atomic E-state index is 12.3. The van der Waals surface area contributed by atoms with Gasteiger partial charge in [-0.15, -0.1) is 0 Å². The van der Waals surface area contributed by atoms with Crippen molar-refractivity contribution in [2.75, 3.05) is 5.32 Å². The molecular formula is C19H19N5O2. The summed E-state index contributed by atoms with van der Waals surface area (Å²) in [6.07, 6.45) is 7.04. The van der Waals surface area contributed by atoms with Crippen molar-refractivity contribution in [2.24, 2.45) is 5.73 Å². The van der Waals surface area contributed by atoms with E-state index in [1.54, 1.807) is 30.5 Å². The third kappa shape index (κ3) is 3.21. The van der Waals surface area contributed by atoms with E-state index in [0.29, 0.717) is 23.0 Å². The molecule has 1 aliphatic carbocycles. The average Bonchev–Trinajstić information content (AvgIpc) is 3.33. The van der Waals surface area contributed by atoms with Crippen LogP contribution >= 0.6 is 0 Å². The topological polar surface area (TPSA) is 107 Å². The lowest BCUT2D eigenvalue weighted by Gasteiger charge is -2.17.